The first-order chi connectivity index (χ1) is 8.77. The van der Waals surface area contributed by atoms with E-state index < -0.39 is 0 Å². The van der Waals surface area contributed by atoms with E-state index in [9.17, 15) is 4.79 Å². The third-order valence-corrected chi connectivity index (χ3v) is 3.66. The largest absolute Gasteiger partial charge is 0.469 e. The highest BCUT2D eigenvalue weighted by Gasteiger charge is 2.26. The number of hydrogen-bond donors (Lipinski definition) is 2. The second-order valence-corrected chi connectivity index (χ2v) is 5.03. The first kappa shape index (κ1) is 13.1. The quantitative estimate of drug-likeness (QED) is 0.801. The summed E-state index contributed by atoms with van der Waals surface area (Å²) < 4.78 is 5.23. The zero-order valence-electron chi connectivity index (χ0n) is 10.7. The van der Waals surface area contributed by atoms with Gasteiger partial charge in [-0.15, -0.1) is 0 Å². The summed E-state index contributed by atoms with van der Waals surface area (Å²) in [6.07, 6.45) is 7.74. The Kier molecular flexibility index (Phi) is 4.81. The van der Waals surface area contributed by atoms with Crippen molar-refractivity contribution < 1.29 is 9.21 Å². The molecule has 3 N–H and O–H groups in total. The highest BCUT2D eigenvalue weighted by Crippen LogP contribution is 2.22. The van der Waals surface area contributed by atoms with E-state index in [0.717, 1.165) is 37.9 Å². The number of carbonyl (C=O) groups excluding carboxylic acids is 1. The molecule has 0 saturated heterocycles. The van der Waals surface area contributed by atoms with Gasteiger partial charge in [-0.1, -0.05) is 19.3 Å². The summed E-state index contributed by atoms with van der Waals surface area (Å²) in [5, 5.41) is 2.97. The van der Waals surface area contributed by atoms with E-state index in [1.54, 1.807) is 6.26 Å². The van der Waals surface area contributed by atoms with Crippen LogP contribution in [-0.4, -0.2) is 18.5 Å². The molecule has 4 heteroatoms. The molecule has 1 fully saturated rings. The van der Waals surface area contributed by atoms with Crippen LogP contribution >= 0.6 is 0 Å². The van der Waals surface area contributed by atoms with Crippen molar-refractivity contribution in [3.8, 4) is 0 Å². The molecule has 1 aromatic heterocycles. The monoisotopic (exact) mass is 250 g/mol. The summed E-state index contributed by atoms with van der Waals surface area (Å²) in [4.78, 5) is 12.1. The number of hydrogen-bond acceptors (Lipinski definition) is 3. The van der Waals surface area contributed by atoms with Gasteiger partial charge in [0.05, 0.1) is 12.2 Å². The number of carbonyl (C=O) groups is 1. The highest BCUT2D eigenvalue weighted by molar-refractivity contribution is 5.79. The maximum absolute atomic E-state index is 12.1. The average Bonchev–Trinajstić information content (AvgIpc) is 2.77. The molecule has 4 nitrogen and oxygen atoms in total. The Morgan fingerprint density at radius 2 is 2.22 bits per heavy atom. The van der Waals surface area contributed by atoms with Gasteiger partial charge in [0, 0.05) is 19.0 Å². The Morgan fingerprint density at radius 1 is 1.39 bits per heavy atom. The van der Waals surface area contributed by atoms with Crippen LogP contribution in [0.25, 0.3) is 0 Å². The topological polar surface area (TPSA) is 68.3 Å². The van der Waals surface area contributed by atoms with Crippen molar-refractivity contribution >= 4 is 5.91 Å². The van der Waals surface area contributed by atoms with Gasteiger partial charge in [-0.2, -0.15) is 0 Å². The van der Waals surface area contributed by atoms with E-state index in [2.05, 4.69) is 5.32 Å². The fourth-order valence-corrected chi connectivity index (χ4v) is 2.56. The summed E-state index contributed by atoms with van der Waals surface area (Å²) in [5.74, 6) is 1.00. The van der Waals surface area contributed by atoms with Crippen LogP contribution in [0, 0.1) is 5.92 Å². The van der Waals surface area contributed by atoms with E-state index in [1.807, 2.05) is 12.1 Å². The first-order valence-corrected chi connectivity index (χ1v) is 6.83. The van der Waals surface area contributed by atoms with Crippen molar-refractivity contribution in [1.29, 1.82) is 0 Å². The molecule has 1 amide bonds. The molecule has 2 unspecified atom stereocenters. The number of amides is 1. The summed E-state index contributed by atoms with van der Waals surface area (Å²) in [6, 6.07) is 3.80. The van der Waals surface area contributed by atoms with E-state index in [0.29, 0.717) is 6.54 Å². The van der Waals surface area contributed by atoms with Crippen LogP contribution in [0.5, 0.6) is 0 Å². The van der Waals surface area contributed by atoms with Crippen LogP contribution in [-0.2, 0) is 11.2 Å². The van der Waals surface area contributed by atoms with E-state index in [-0.39, 0.29) is 17.9 Å². The van der Waals surface area contributed by atoms with Crippen molar-refractivity contribution in [2.24, 2.45) is 11.7 Å². The van der Waals surface area contributed by atoms with Crippen LogP contribution < -0.4 is 11.1 Å². The second-order valence-electron chi connectivity index (χ2n) is 5.03. The normalized spacial score (nSPS) is 24.5. The minimum absolute atomic E-state index is 0.0101. The molecule has 2 atom stereocenters. The molecule has 0 spiro atoms. The summed E-state index contributed by atoms with van der Waals surface area (Å²) in [7, 11) is 0. The molecule has 1 aliphatic carbocycles. The fraction of sp³-hybridized carbons (Fsp3) is 0.643. The minimum Gasteiger partial charge on any atom is -0.469 e. The van der Waals surface area contributed by atoms with Gasteiger partial charge in [0.15, 0.2) is 0 Å². The molecular weight excluding hydrogens is 228 g/mol. The molecule has 0 bridgehead atoms. The number of nitrogens with two attached hydrogens (primary N) is 1. The summed E-state index contributed by atoms with van der Waals surface area (Å²) in [6.45, 7) is 0.621. The van der Waals surface area contributed by atoms with Gasteiger partial charge in [0.1, 0.15) is 5.76 Å². The van der Waals surface area contributed by atoms with Crippen LogP contribution in [0.4, 0.5) is 0 Å². The number of rotatable bonds is 4. The lowest BCUT2D eigenvalue weighted by molar-refractivity contribution is -0.125. The molecule has 100 valence electrons. The van der Waals surface area contributed by atoms with Crippen LogP contribution in [0.1, 0.15) is 37.9 Å². The SMILES string of the molecule is NC1CCCCCC1C(=O)NCCc1ccco1. The van der Waals surface area contributed by atoms with Crippen molar-refractivity contribution in [1.82, 2.24) is 5.32 Å². The zero-order valence-corrected chi connectivity index (χ0v) is 10.7. The Bertz CT molecular complexity index is 362. The Balaban J connectivity index is 1.76. The van der Waals surface area contributed by atoms with Gasteiger partial charge in [-0.05, 0) is 25.0 Å². The fourth-order valence-electron chi connectivity index (χ4n) is 2.56. The van der Waals surface area contributed by atoms with E-state index >= 15 is 0 Å². The van der Waals surface area contributed by atoms with Crippen molar-refractivity contribution in [2.45, 2.75) is 44.6 Å². The van der Waals surface area contributed by atoms with Gasteiger partial charge in [0.25, 0.3) is 0 Å². The van der Waals surface area contributed by atoms with Gasteiger partial charge in [0.2, 0.25) is 5.91 Å². The lowest BCUT2D eigenvalue weighted by Gasteiger charge is -2.20. The minimum atomic E-state index is -0.0101. The predicted molar refractivity (Wildman–Crippen MR) is 70.0 cm³/mol. The molecule has 0 aromatic carbocycles. The second kappa shape index (κ2) is 6.59. The zero-order chi connectivity index (χ0) is 12.8. The van der Waals surface area contributed by atoms with E-state index in [4.69, 9.17) is 10.2 Å². The molecule has 1 aromatic rings. The highest BCUT2D eigenvalue weighted by atomic mass is 16.3. The van der Waals surface area contributed by atoms with Gasteiger partial charge < -0.3 is 15.5 Å². The Labute approximate surface area is 108 Å². The third-order valence-electron chi connectivity index (χ3n) is 3.66. The molecule has 1 aliphatic rings. The summed E-state index contributed by atoms with van der Waals surface area (Å²) >= 11 is 0. The Morgan fingerprint density at radius 3 is 3.00 bits per heavy atom. The smallest absolute Gasteiger partial charge is 0.224 e. The molecule has 0 aliphatic heterocycles. The van der Waals surface area contributed by atoms with Crippen LogP contribution in [0.2, 0.25) is 0 Å². The van der Waals surface area contributed by atoms with Crippen LogP contribution in [0.3, 0.4) is 0 Å². The predicted octanol–water partition coefficient (Wildman–Crippen LogP) is 1.85. The van der Waals surface area contributed by atoms with Gasteiger partial charge in [-0.25, -0.2) is 0 Å². The molecule has 1 heterocycles. The van der Waals surface area contributed by atoms with Crippen molar-refractivity contribution in [2.75, 3.05) is 6.54 Å². The third kappa shape index (κ3) is 3.60. The lowest BCUT2D eigenvalue weighted by atomic mass is 9.94. The Hall–Kier alpha value is -1.29. The van der Waals surface area contributed by atoms with Gasteiger partial charge >= 0.3 is 0 Å². The molecule has 1 saturated carbocycles. The molecule has 18 heavy (non-hydrogen) atoms. The maximum Gasteiger partial charge on any atom is 0.224 e. The number of nitrogens with one attached hydrogen (secondary N) is 1. The van der Waals surface area contributed by atoms with E-state index in [1.165, 1.54) is 6.42 Å². The summed E-state index contributed by atoms with van der Waals surface area (Å²) in [5.41, 5.74) is 6.07. The van der Waals surface area contributed by atoms with Crippen LogP contribution in [0.15, 0.2) is 22.8 Å². The average molecular weight is 250 g/mol. The molecule has 0 radical (unpaired) electrons. The maximum atomic E-state index is 12.1. The standard InChI is InChI=1S/C14H22N2O2/c15-13-7-3-1-2-6-12(13)14(17)16-9-8-11-5-4-10-18-11/h4-5,10,12-13H,1-3,6-9,15H2,(H,16,17). The molecule has 2 rings (SSSR count). The van der Waals surface area contributed by atoms with Crippen molar-refractivity contribution in [3.63, 3.8) is 0 Å². The molecular formula is C14H22N2O2. The lowest BCUT2D eigenvalue weighted by Crippen LogP contribution is -2.41. The van der Waals surface area contributed by atoms with Gasteiger partial charge in [-0.3, -0.25) is 4.79 Å². The first-order valence-electron chi connectivity index (χ1n) is 6.83. The number of furan rings is 1. The van der Waals surface area contributed by atoms with Crippen molar-refractivity contribution in [3.05, 3.63) is 24.2 Å².